The van der Waals surface area contributed by atoms with Crippen molar-refractivity contribution in [2.75, 3.05) is 33.0 Å². The van der Waals surface area contributed by atoms with E-state index < -0.39 is 41.1 Å². The van der Waals surface area contributed by atoms with Gasteiger partial charge in [0.25, 0.3) is 6.01 Å². The first kappa shape index (κ1) is 46.6. The highest BCUT2D eigenvalue weighted by atomic mass is 35.5. The van der Waals surface area contributed by atoms with E-state index in [0.717, 1.165) is 33.7 Å². The highest BCUT2D eigenvalue weighted by Gasteiger charge is 2.64. The van der Waals surface area contributed by atoms with Gasteiger partial charge in [-0.3, -0.25) is 4.57 Å². The van der Waals surface area contributed by atoms with Crippen LogP contribution >= 0.6 is 11.6 Å². The van der Waals surface area contributed by atoms with Crippen LogP contribution in [-0.4, -0.2) is 118 Å². The normalized spacial score (nSPS) is 26.5. The van der Waals surface area contributed by atoms with Crippen molar-refractivity contribution in [3.8, 4) is 17.1 Å². The zero-order valence-electron chi connectivity index (χ0n) is 37.5. The third kappa shape index (κ3) is 9.87. The van der Waals surface area contributed by atoms with Crippen molar-refractivity contribution >= 4 is 51.9 Å². The minimum absolute atomic E-state index is 0.0683. The van der Waals surface area contributed by atoms with Gasteiger partial charge in [0, 0.05) is 36.9 Å². The Bertz CT molecular complexity index is 1880. The predicted molar refractivity (Wildman–Crippen MR) is 238 cm³/mol. The van der Waals surface area contributed by atoms with Gasteiger partial charge in [-0.05, 0) is 63.3 Å². The molecule has 4 saturated heterocycles. The average molecular weight is 875 g/mol. The van der Waals surface area contributed by atoms with Gasteiger partial charge in [0.15, 0.2) is 6.10 Å². The number of ether oxygens (including phenoxy) is 4. The van der Waals surface area contributed by atoms with Crippen LogP contribution in [0.2, 0.25) is 40.8 Å². The summed E-state index contributed by atoms with van der Waals surface area (Å²) >= 11 is 7.04. The molecule has 0 aliphatic carbocycles. The van der Waals surface area contributed by atoms with Crippen molar-refractivity contribution in [1.29, 1.82) is 0 Å². The van der Waals surface area contributed by atoms with Gasteiger partial charge in [-0.15, -0.1) is 0 Å². The number of imidazole rings is 1. The Labute approximate surface area is 358 Å². The SMILES string of the molecule is CC1(C)OB(c2ccc(-c3cc4nc(O[C@@H]5CO[C@@H]6CO[Si](C(C)(C)C)(C(C)(C)C)O[C@H]65)n(COCC[Si](C)(C)C)c4cc3Cl)cc2)OC1(C)C.OCC1OCCC1O. The third-order valence-corrected chi connectivity index (χ3v) is 19.5. The van der Waals surface area contributed by atoms with Crippen molar-refractivity contribution in [1.82, 2.24) is 9.55 Å². The summed E-state index contributed by atoms with van der Waals surface area (Å²) in [5.41, 5.74) is 3.61. The van der Waals surface area contributed by atoms with E-state index in [0.29, 0.717) is 50.6 Å². The molecule has 0 saturated carbocycles. The third-order valence-electron chi connectivity index (χ3n) is 12.3. The molecule has 0 radical (unpaired) electrons. The summed E-state index contributed by atoms with van der Waals surface area (Å²) in [5, 5.41) is 17.7. The van der Waals surface area contributed by atoms with E-state index in [1.165, 1.54) is 0 Å². The first-order chi connectivity index (χ1) is 27.4. The van der Waals surface area contributed by atoms with Gasteiger partial charge in [-0.2, -0.15) is 4.98 Å². The quantitative estimate of drug-likeness (QED) is 0.154. The fourth-order valence-corrected chi connectivity index (χ4v) is 14.2. The van der Waals surface area contributed by atoms with Gasteiger partial charge in [0.05, 0.1) is 53.2 Å². The van der Waals surface area contributed by atoms with Crippen molar-refractivity contribution in [3.63, 3.8) is 0 Å². The van der Waals surface area contributed by atoms with E-state index in [2.05, 4.69) is 101 Å². The van der Waals surface area contributed by atoms with Crippen molar-refractivity contribution in [2.24, 2.45) is 0 Å². The summed E-state index contributed by atoms with van der Waals surface area (Å²) in [6.07, 6.45) is -0.940. The van der Waals surface area contributed by atoms with Gasteiger partial charge < -0.3 is 47.3 Å². The lowest BCUT2D eigenvalue weighted by Crippen LogP contribution is -2.65. The molecule has 5 heterocycles. The second kappa shape index (κ2) is 17.4. The maximum absolute atomic E-state index is 8.90. The molecule has 1 aromatic heterocycles. The smallest absolute Gasteiger partial charge is 0.456 e. The number of rotatable bonds is 10. The molecule has 328 valence electrons. The molecule has 7 rings (SSSR count). The Kier molecular flexibility index (Phi) is 13.7. The van der Waals surface area contributed by atoms with Crippen LogP contribution in [0.3, 0.4) is 0 Å². The molecule has 2 aromatic carbocycles. The minimum atomic E-state index is -2.74. The molecule has 0 bridgehead atoms. The number of benzene rings is 2. The number of halogens is 1. The zero-order valence-corrected chi connectivity index (χ0v) is 40.3. The molecule has 0 spiro atoms. The molecule has 4 aliphatic heterocycles. The second-order valence-electron chi connectivity index (χ2n) is 20.7. The predicted octanol–water partition coefficient (Wildman–Crippen LogP) is 7.70. The molecular formula is C43H68BClN2O10Si2. The van der Waals surface area contributed by atoms with Crippen LogP contribution < -0.4 is 10.2 Å². The van der Waals surface area contributed by atoms with Gasteiger partial charge in [-0.1, -0.05) is 97.0 Å². The molecule has 4 aliphatic rings. The number of hydrogen-bond acceptors (Lipinski definition) is 11. The summed E-state index contributed by atoms with van der Waals surface area (Å²) in [6, 6.07) is 13.7. The summed E-state index contributed by atoms with van der Waals surface area (Å²) in [7, 11) is -4.46. The fraction of sp³-hybridized carbons (Fsp3) is 0.698. The Morgan fingerprint density at radius 1 is 0.966 bits per heavy atom. The molecule has 16 heteroatoms. The first-order valence-electron chi connectivity index (χ1n) is 21.1. The first-order valence-corrected chi connectivity index (χ1v) is 27.0. The molecule has 4 fully saturated rings. The Morgan fingerprint density at radius 2 is 1.61 bits per heavy atom. The van der Waals surface area contributed by atoms with Crippen molar-refractivity contribution in [2.45, 2.75) is 160 Å². The number of aliphatic hydroxyl groups excluding tert-OH is 2. The van der Waals surface area contributed by atoms with Gasteiger partial charge in [0.2, 0.25) is 0 Å². The van der Waals surface area contributed by atoms with Gasteiger partial charge in [-0.25, -0.2) is 0 Å². The lowest BCUT2D eigenvalue weighted by atomic mass is 9.78. The largest absolute Gasteiger partial charge is 0.494 e. The molecule has 12 nitrogen and oxygen atoms in total. The van der Waals surface area contributed by atoms with Crippen LogP contribution in [0.25, 0.3) is 22.2 Å². The monoisotopic (exact) mass is 874 g/mol. The van der Waals surface area contributed by atoms with E-state index in [9.17, 15) is 0 Å². The standard InChI is InChI=1S/C38H58BClN2O7Si2.C5H10O3/c1-35(2,3)51(36(4,5)6)45-23-31-33(47-51)32(22-44-31)46-34-41-29-20-27(28(40)21-30(29)42(34)24-43-18-19-50(11,12)13)25-14-16-26(17-15-25)39-48-37(7,8)38(9,10)49-39;6-3-5-4(7)1-2-8-5/h14-17,20-21,31-33H,18-19,22-24H2,1-13H3;4-7H,1-3H2/t31-,32-,33-;/m1./s1. The maximum Gasteiger partial charge on any atom is 0.494 e. The lowest BCUT2D eigenvalue weighted by Gasteiger charge is -2.53. The summed E-state index contributed by atoms with van der Waals surface area (Å²) in [6.45, 7) is 31.0. The van der Waals surface area contributed by atoms with Crippen molar-refractivity contribution in [3.05, 3.63) is 41.4 Å². The average Bonchev–Trinajstić information content (AvgIpc) is 3.88. The number of fused-ring (bicyclic) bond motifs is 2. The van der Waals surface area contributed by atoms with Gasteiger partial charge in [0.1, 0.15) is 25.0 Å². The second-order valence-corrected chi connectivity index (χ2v) is 31.5. The maximum atomic E-state index is 8.90. The van der Waals surface area contributed by atoms with Crippen LogP contribution in [0.1, 0.15) is 75.7 Å². The van der Waals surface area contributed by atoms with E-state index >= 15 is 0 Å². The van der Waals surface area contributed by atoms with Crippen LogP contribution in [0.15, 0.2) is 36.4 Å². The molecule has 5 atom stereocenters. The minimum Gasteiger partial charge on any atom is -0.456 e. The molecular weight excluding hydrogens is 807 g/mol. The van der Waals surface area contributed by atoms with E-state index in [4.69, 9.17) is 63.9 Å². The topological polar surface area (TPSA) is 132 Å². The highest BCUT2D eigenvalue weighted by molar-refractivity contribution is 6.76. The van der Waals surface area contributed by atoms with Crippen LogP contribution in [0.4, 0.5) is 0 Å². The van der Waals surface area contributed by atoms with Crippen molar-refractivity contribution < 1.29 is 47.3 Å². The zero-order chi connectivity index (χ0) is 43.3. The molecule has 2 N–H and O–H groups in total. The molecule has 3 aromatic rings. The molecule has 0 amide bonds. The molecule has 2 unspecified atom stereocenters. The van der Waals surface area contributed by atoms with E-state index in [-0.39, 0.29) is 41.1 Å². The lowest BCUT2D eigenvalue weighted by molar-refractivity contribution is -0.0659. The number of hydrogen-bond donors (Lipinski definition) is 2. The number of aliphatic hydroxyl groups is 2. The number of aromatic nitrogens is 2. The van der Waals surface area contributed by atoms with Crippen LogP contribution in [-0.2, 0) is 39.1 Å². The molecule has 59 heavy (non-hydrogen) atoms. The van der Waals surface area contributed by atoms with Crippen LogP contribution in [0.5, 0.6) is 6.01 Å². The van der Waals surface area contributed by atoms with Crippen LogP contribution in [0, 0.1) is 0 Å². The van der Waals surface area contributed by atoms with Gasteiger partial charge >= 0.3 is 15.7 Å². The van der Waals surface area contributed by atoms with E-state index in [1.807, 2.05) is 28.8 Å². The number of nitrogens with zero attached hydrogens (tertiary/aromatic N) is 2. The Morgan fingerprint density at radius 3 is 2.15 bits per heavy atom. The Hall–Kier alpha value is -1.86. The van der Waals surface area contributed by atoms with E-state index in [1.54, 1.807) is 0 Å². The summed E-state index contributed by atoms with van der Waals surface area (Å²) in [4.78, 5) is 5.05. The Balaban J connectivity index is 0.000000654. The fourth-order valence-electron chi connectivity index (χ4n) is 8.22. The highest BCUT2D eigenvalue weighted by Crippen LogP contribution is 2.55. The summed E-state index contributed by atoms with van der Waals surface area (Å²) in [5.74, 6) is 0. The summed E-state index contributed by atoms with van der Waals surface area (Å²) < 4.78 is 52.5.